The Labute approximate surface area is 140 Å². The molecule has 0 unspecified atom stereocenters. The maximum absolute atomic E-state index is 12.9. The quantitative estimate of drug-likeness (QED) is 0.759. The van der Waals surface area contributed by atoms with Gasteiger partial charge in [-0.1, -0.05) is 27.2 Å². The first-order chi connectivity index (χ1) is 11.0. The molecule has 0 aliphatic carbocycles. The lowest BCUT2D eigenvalue weighted by Gasteiger charge is -2.05. The van der Waals surface area contributed by atoms with E-state index in [2.05, 4.69) is 31.6 Å². The van der Waals surface area contributed by atoms with Crippen molar-refractivity contribution in [3.63, 3.8) is 0 Å². The second-order valence-electron chi connectivity index (χ2n) is 4.88. The molecule has 1 amide bonds. The topological polar surface area (TPSA) is 59.8 Å². The van der Waals surface area contributed by atoms with Crippen LogP contribution in [0.4, 0.5) is 10.1 Å². The van der Waals surface area contributed by atoms with Crippen LogP contribution in [-0.4, -0.2) is 20.9 Å². The number of carbonyl (C=O) groups excluding carboxylic acids is 1. The predicted molar refractivity (Wildman–Crippen MR) is 88.1 cm³/mol. The summed E-state index contributed by atoms with van der Waals surface area (Å²) in [5.74, 6) is -0.755. The smallest absolute Gasteiger partial charge is 0.278 e. The van der Waals surface area contributed by atoms with Crippen molar-refractivity contribution in [2.75, 3.05) is 5.32 Å². The summed E-state index contributed by atoms with van der Waals surface area (Å²) >= 11 is 3.40. The number of aromatic nitrogens is 3. The minimum absolute atomic E-state index is 0.217. The number of nitrogens with one attached hydrogen (secondary N) is 1. The van der Waals surface area contributed by atoms with Crippen molar-refractivity contribution in [2.24, 2.45) is 0 Å². The number of amides is 1. The molecule has 0 aliphatic rings. The van der Waals surface area contributed by atoms with Crippen molar-refractivity contribution < 1.29 is 9.18 Å². The number of nitrogens with zero attached hydrogens (tertiary/aromatic N) is 3. The monoisotopic (exact) mass is 374 g/mol. The highest BCUT2D eigenvalue weighted by atomic mass is 79.9. The molecule has 0 radical (unpaired) electrons. The Bertz CT molecular complexity index is 861. The number of halogens is 2. The molecule has 7 heteroatoms. The van der Waals surface area contributed by atoms with E-state index in [0.29, 0.717) is 11.4 Å². The molecule has 0 atom stereocenters. The number of carbonyl (C=O) groups is 1. The Hall–Kier alpha value is -2.54. The van der Waals surface area contributed by atoms with Crippen LogP contribution in [0.25, 0.3) is 5.69 Å². The molecular formula is C16H12BrFN4O. The van der Waals surface area contributed by atoms with Gasteiger partial charge in [0.15, 0.2) is 5.69 Å². The van der Waals surface area contributed by atoms with E-state index in [4.69, 9.17) is 0 Å². The molecule has 3 rings (SSSR count). The van der Waals surface area contributed by atoms with Gasteiger partial charge in [0.05, 0.1) is 11.4 Å². The molecule has 3 aromatic rings. The van der Waals surface area contributed by atoms with E-state index in [1.165, 1.54) is 24.3 Å². The molecule has 0 saturated heterocycles. The van der Waals surface area contributed by atoms with Gasteiger partial charge in [-0.05, 0) is 49.4 Å². The first-order valence-corrected chi connectivity index (χ1v) is 7.59. The average molecular weight is 375 g/mol. The molecule has 0 saturated carbocycles. The zero-order valence-corrected chi connectivity index (χ0v) is 13.7. The van der Waals surface area contributed by atoms with Crippen molar-refractivity contribution in [2.45, 2.75) is 6.92 Å². The first kappa shape index (κ1) is 15.4. The summed E-state index contributed by atoms with van der Waals surface area (Å²) in [5, 5.41) is 10.6. The van der Waals surface area contributed by atoms with Crippen LogP contribution < -0.4 is 5.32 Å². The summed E-state index contributed by atoms with van der Waals surface area (Å²) in [4.78, 5) is 12.3. The minimum Gasteiger partial charge on any atom is -0.321 e. The molecule has 116 valence electrons. The Morgan fingerprint density at radius 1 is 1.22 bits per heavy atom. The number of rotatable bonds is 3. The number of hydrogen-bond acceptors (Lipinski definition) is 3. The Morgan fingerprint density at radius 2 is 1.96 bits per heavy atom. The van der Waals surface area contributed by atoms with E-state index in [0.717, 1.165) is 10.2 Å². The maximum Gasteiger partial charge on any atom is 0.278 e. The van der Waals surface area contributed by atoms with Gasteiger partial charge in [0, 0.05) is 10.2 Å². The van der Waals surface area contributed by atoms with Crippen LogP contribution in [0.15, 0.2) is 53.0 Å². The summed E-state index contributed by atoms with van der Waals surface area (Å²) in [6.45, 7) is 1.76. The molecular weight excluding hydrogens is 363 g/mol. The number of anilines is 1. The number of benzene rings is 2. The fourth-order valence-electron chi connectivity index (χ4n) is 2.12. The highest BCUT2D eigenvalue weighted by molar-refractivity contribution is 9.10. The Kier molecular flexibility index (Phi) is 4.20. The van der Waals surface area contributed by atoms with Crippen LogP contribution in [0.2, 0.25) is 0 Å². The van der Waals surface area contributed by atoms with Gasteiger partial charge in [0.25, 0.3) is 5.91 Å². The van der Waals surface area contributed by atoms with Gasteiger partial charge >= 0.3 is 0 Å². The minimum atomic E-state index is -0.393. The van der Waals surface area contributed by atoms with Crippen LogP contribution in [0.3, 0.4) is 0 Å². The third-order valence-corrected chi connectivity index (χ3v) is 3.76. The standard InChI is InChI=1S/C16H12BrFN4O/c1-10-15(16(23)19-13-7-5-12(18)6-8-13)20-21-22(10)14-4-2-3-11(17)9-14/h2-9H,1H3,(H,19,23). The largest absolute Gasteiger partial charge is 0.321 e. The summed E-state index contributed by atoms with van der Waals surface area (Å²) in [6, 6.07) is 13.1. The van der Waals surface area contributed by atoms with Gasteiger partial charge in [-0.15, -0.1) is 5.10 Å². The Morgan fingerprint density at radius 3 is 2.65 bits per heavy atom. The van der Waals surface area contributed by atoms with Crippen LogP contribution >= 0.6 is 15.9 Å². The van der Waals surface area contributed by atoms with Gasteiger partial charge in [0.2, 0.25) is 0 Å². The summed E-state index contributed by atoms with van der Waals surface area (Å²) in [5.41, 5.74) is 2.12. The average Bonchev–Trinajstić information content (AvgIpc) is 2.91. The van der Waals surface area contributed by atoms with E-state index < -0.39 is 5.91 Å². The molecule has 0 bridgehead atoms. The first-order valence-electron chi connectivity index (χ1n) is 6.80. The van der Waals surface area contributed by atoms with Crippen molar-refractivity contribution >= 4 is 27.5 Å². The molecule has 0 aliphatic heterocycles. The third-order valence-electron chi connectivity index (χ3n) is 3.26. The van der Waals surface area contributed by atoms with E-state index in [1.807, 2.05) is 24.3 Å². The van der Waals surface area contributed by atoms with Crippen LogP contribution in [0.5, 0.6) is 0 Å². The third kappa shape index (κ3) is 3.29. The second-order valence-corrected chi connectivity index (χ2v) is 5.79. The van der Waals surface area contributed by atoms with E-state index in [9.17, 15) is 9.18 Å². The van der Waals surface area contributed by atoms with Gasteiger partial charge in [0.1, 0.15) is 5.82 Å². The molecule has 5 nitrogen and oxygen atoms in total. The fraction of sp³-hybridized carbons (Fsp3) is 0.0625. The molecule has 2 aromatic carbocycles. The van der Waals surface area contributed by atoms with Crippen molar-refractivity contribution in [3.05, 3.63) is 70.2 Å². The molecule has 1 heterocycles. The van der Waals surface area contributed by atoms with Crippen LogP contribution in [0.1, 0.15) is 16.2 Å². The van der Waals surface area contributed by atoms with Crippen LogP contribution in [-0.2, 0) is 0 Å². The normalized spacial score (nSPS) is 10.6. The van der Waals surface area contributed by atoms with E-state index >= 15 is 0 Å². The number of hydrogen-bond donors (Lipinski definition) is 1. The van der Waals surface area contributed by atoms with Gasteiger partial charge in [-0.25, -0.2) is 9.07 Å². The lowest BCUT2D eigenvalue weighted by atomic mass is 10.2. The predicted octanol–water partition coefficient (Wildman–Crippen LogP) is 3.73. The highest BCUT2D eigenvalue weighted by Crippen LogP contribution is 2.18. The summed E-state index contributed by atoms with van der Waals surface area (Å²) in [6.07, 6.45) is 0. The van der Waals surface area contributed by atoms with E-state index in [1.54, 1.807) is 11.6 Å². The molecule has 1 N–H and O–H groups in total. The summed E-state index contributed by atoms with van der Waals surface area (Å²) in [7, 11) is 0. The van der Waals surface area contributed by atoms with Gasteiger partial charge in [-0.3, -0.25) is 4.79 Å². The van der Waals surface area contributed by atoms with Gasteiger partial charge < -0.3 is 5.32 Å². The lowest BCUT2D eigenvalue weighted by Crippen LogP contribution is -2.14. The fourth-order valence-corrected chi connectivity index (χ4v) is 2.50. The van der Waals surface area contributed by atoms with E-state index in [-0.39, 0.29) is 11.5 Å². The van der Waals surface area contributed by atoms with Crippen molar-refractivity contribution in [1.29, 1.82) is 0 Å². The van der Waals surface area contributed by atoms with Crippen molar-refractivity contribution in [3.8, 4) is 5.69 Å². The molecule has 23 heavy (non-hydrogen) atoms. The zero-order chi connectivity index (χ0) is 16.4. The second kappa shape index (κ2) is 6.29. The maximum atomic E-state index is 12.9. The lowest BCUT2D eigenvalue weighted by molar-refractivity contribution is 0.102. The molecule has 0 spiro atoms. The SMILES string of the molecule is Cc1c(C(=O)Nc2ccc(F)cc2)nnn1-c1cccc(Br)c1. The van der Waals surface area contributed by atoms with Gasteiger partial charge in [-0.2, -0.15) is 0 Å². The molecule has 0 fully saturated rings. The van der Waals surface area contributed by atoms with Crippen LogP contribution in [0, 0.1) is 12.7 Å². The zero-order valence-electron chi connectivity index (χ0n) is 12.1. The Balaban J connectivity index is 1.86. The highest BCUT2D eigenvalue weighted by Gasteiger charge is 2.17. The van der Waals surface area contributed by atoms with Crippen molar-refractivity contribution in [1.82, 2.24) is 15.0 Å². The molecule has 1 aromatic heterocycles. The summed E-state index contributed by atoms with van der Waals surface area (Å²) < 4.78 is 15.4.